The number of thioether (sulfide) groups is 1. The number of methoxy groups -OCH3 is 1. The van der Waals surface area contributed by atoms with Gasteiger partial charge in [0.1, 0.15) is 13.2 Å². The number of benzene rings is 1. The highest BCUT2D eigenvalue weighted by atomic mass is 32.2. The van der Waals surface area contributed by atoms with Gasteiger partial charge in [-0.15, -0.1) is 6.58 Å². The largest absolute Gasteiger partial charge is 0.494 e. The van der Waals surface area contributed by atoms with Gasteiger partial charge in [0.25, 0.3) is 0 Å². The zero-order valence-corrected chi connectivity index (χ0v) is 29.6. The molecule has 1 aromatic rings. The minimum absolute atomic E-state index is 0.0187. The third-order valence-corrected chi connectivity index (χ3v) is 8.34. The van der Waals surface area contributed by atoms with Gasteiger partial charge in [-0.3, -0.25) is 4.79 Å². The van der Waals surface area contributed by atoms with E-state index in [9.17, 15) is 4.79 Å². The molecule has 0 aliphatic carbocycles. The van der Waals surface area contributed by atoms with E-state index in [4.69, 9.17) is 14.2 Å². The van der Waals surface area contributed by atoms with E-state index < -0.39 is 0 Å². The molecule has 1 atom stereocenters. The summed E-state index contributed by atoms with van der Waals surface area (Å²) in [6, 6.07) is 8.66. The molecule has 4 nitrogen and oxygen atoms in total. The second-order valence-electron chi connectivity index (χ2n) is 12.0. The van der Waals surface area contributed by atoms with Gasteiger partial charge in [0, 0.05) is 18.9 Å². The van der Waals surface area contributed by atoms with Gasteiger partial charge in [-0.2, -0.15) is 11.8 Å². The first-order chi connectivity index (χ1) is 20.6. The average Bonchev–Trinajstić information content (AvgIpc) is 2.97. The molecule has 43 heavy (non-hydrogen) atoms. The molecule has 1 rings (SSSR count). The predicted molar refractivity (Wildman–Crippen MR) is 189 cm³/mol. The first-order valence-electron chi connectivity index (χ1n) is 16.5. The van der Waals surface area contributed by atoms with Crippen LogP contribution in [0.4, 0.5) is 0 Å². The van der Waals surface area contributed by atoms with Crippen molar-refractivity contribution in [3.63, 3.8) is 0 Å². The van der Waals surface area contributed by atoms with Crippen molar-refractivity contribution in [3.05, 3.63) is 72.0 Å². The van der Waals surface area contributed by atoms with E-state index in [2.05, 4.69) is 91.1 Å². The van der Waals surface area contributed by atoms with Gasteiger partial charge in [-0.25, -0.2) is 0 Å². The monoisotopic (exact) mass is 616 g/mol. The van der Waals surface area contributed by atoms with Gasteiger partial charge in [0.2, 0.25) is 0 Å². The summed E-state index contributed by atoms with van der Waals surface area (Å²) in [5.74, 6) is 3.43. The van der Waals surface area contributed by atoms with Crippen LogP contribution in [0.2, 0.25) is 0 Å². The Hall–Kier alpha value is -1.98. The fourth-order valence-electron chi connectivity index (χ4n) is 4.56. The van der Waals surface area contributed by atoms with Crippen LogP contribution in [0.5, 0.6) is 0 Å². The van der Waals surface area contributed by atoms with Crippen LogP contribution in [0.3, 0.4) is 0 Å². The number of hydrogen-bond acceptors (Lipinski definition) is 5. The molecule has 0 heterocycles. The maximum atomic E-state index is 11.5. The van der Waals surface area contributed by atoms with Crippen molar-refractivity contribution < 1.29 is 19.0 Å². The van der Waals surface area contributed by atoms with Crippen molar-refractivity contribution in [1.82, 2.24) is 0 Å². The number of rotatable bonds is 24. The van der Waals surface area contributed by atoms with Crippen LogP contribution < -0.4 is 0 Å². The quantitative estimate of drug-likeness (QED) is 0.0500. The SMILES string of the molecule is C=C(C)CC(/C=C/CCc1cccc(COC)c1)CC.C=C(OCCOC(=O)CCCSCC)C(C)(C)CCCCCC. The molecule has 0 aliphatic rings. The summed E-state index contributed by atoms with van der Waals surface area (Å²) in [5.41, 5.74) is 3.89. The van der Waals surface area contributed by atoms with Gasteiger partial charge in [-0.05, 0) is 74.0 Å². The van der Waals surface area contributed by atoms with Crippen molar-refractivity contribution >= 4 is 17.7 Å². The normalized spacial score (nSPS) is 12.0. The molecule has 5 heteroatoms. The molecule has 0 fully saturated rings. The lowest BCUT2D eigenvalue weighted by Gasteiger charge is -2.27. The molecule has 0 saturated carbocycles. The van der Waals surface area contributed by atoms with Crippen molar-refractivity contribution in [2.75, 3.05) is 31.8 Å². The smallest absolute Gasteiger partial charge is 0.305 e. The van der Waals surface area contributed by atoms with Gasteiger partial charge in [0.15, 0.2) is 0 Å². The molecule has 0 bridgehead atoms. The second kappa shape index (κ2) is 26.4. The van der Waals surface area contributed by atoms with Crippen LogP contribution >= 0.6 is 11.8 Å². The average molecular weight is 617 g/mol. The number of hydrogen-bond donors (Lipinski definition) is 0. The maximum absolute atomic E-state index is 11.5. The molecule has 0 spiro atoms. The minimum atomic E-state index is -0.130. The molecule has 246 valence electrons. The Morgan fingerprint density at radius 3 is 2.40 bits per heavy atom. The number of ether oxygens (including phenoxy) is 3. The standard InChI is InChI=1S/C19H36O3S.C19H28O/c1-6-8-9-10-13-19(4,5)17(3)21-14-15-22-18(20)12-11-16-23-7-2;1-5-17(13-16(2)3)9-6-7-10-18-11-8-12-19(14-18)15-20-4/h3,6-16H2,1-2,4-5H3;6,8-9,11-12,14,17H,2,5,7,10,13,15H2,1,3-4H3/b;9-6+. The highest BCUT2D eigenvalue weighted by Crippen LogP contribution is 2.32. The van der Waals surface area contributed by atoms with Crippen molar-refractivity contribution in [2.24, 2.45) is 11.3 Å². The van der Waals surface area contributed by atoms with E-state index in [1.54, 1.807) is 7.11 Å². The first-order valence-corrected chi connectivity index (χ1v) is 17.7. The lowest BCUT2D eigenvalue weighted by molar-refractivity contribution is -0.144. The molecule has 1 aromatic carbocycles. The van der Waals surface area contributed by atoms with Crippen LogP contribution in [0.15, 0.2) is 60.9 Å². The van der Waals surface area contributed by atoms with E-state index in [0.717, 1.165) is 49.4 Å². The zero-order valence-electron chi connectivity index (χ0n) is 28.8. The Morgan fingerprint density at radius 2 is 1.74 bits per heavy atom. The Kier molecular flexibility index (Phi) is 25.2. The second-order valence-corrected chi connectivity index (χ2v) is 13.4. The summed E-state index contributed by atoms with van der Waals surface area (Å²) in [5, 5.41) is 0. The Morgan fingerprint density at radius 1 is 1.02 bits per heavy atom. The number of esters is 1. The first kappa shape index (κ1) is 41.0. The van der Waals surface area contributed by atoms with E-state index in [1.165, 1.54) is 48.8 Å². The lowest BCUT2D eigenvalue weighted by atomic mass is 9.85. The summed E-state index contributed by atoms with van der Waals surface area (Å²) in [7, 11) is 1.74. The lowest BCUT2D eigenvalue weighted by Crippen LogP contribution is -2.19. The van der Waals surface area contributed by atoms with Crippen LogP contribution in [0.1, 0.15) is 117 Å². The van der Waals surface area contributed by atoms with Gasteiger partial charge in [0.05, 0.1) is 12.4 Å². The highest BCUT2D eigenvalue weighted by molar-refractivity contribution is 7.99. The van der Waals surface area contributed by atoms with Gasteiger partial charge in [-0.1, -0.05) is 109 Å². The molecule has 0 amide bonds. The Labute approximate surface area is 270 Å². The molecule has 0 N–H and O–H groups in total. The molecule has 0 saturated heterocycles. The van der Waals surface area contributed by atoms with E-state index in [1.807, 2.05) is 11.8 Å². The topological polar surface area (TPSA) is 44.8 Å². The summed E-state index contributed by atoms with van der Waals surface area (Å²) in [6.07, 6.45) is 16.6. The van der Waals surface area contributed by atoms with Crippen molar-refractivity contribution in [3.8, 4) is 0 Å². The third-order valence-electron chi connectivity index (χ3n) is 7.35. The Balaban J connectivity index is 0.000000827. The third kappa shape index (κ3) is 23.1. The summed E-state index contributed by atoms with van der Waals surface area (Å²) in [4.78, 5) is 11.5. The number of carbonyl (C=O) groups excluding carboxylic acids is 1. The number of unbranched alkanes of at least 4 members (excludes halogenated alkanes) is 3. The summed E-state index contributed by atoms with van der Waals surface area (Å²) >= 11 is 1.85. The molecular weight excluding hydrogens is 552 g/mol. The number of carbonyl (C=O) groups is 1. The van der Waals surface area contributed by atoms with Crippen molar-refractivity contribution in [2.45, 2.75) is 119 Å². The Bertz CT molecular complexity index is 905. The van der Waals surface area contributed by atoms with E-state index in [0.29, 0.717) is 32.2 Å². The fraction of sp³-hybridized carbons (Fsp3) is 0.658. The minimum Gasteiger partial charge on any atom is -0.494 e. The molecule has 0 aliphatic heterocycles. The molecule has 0 aromatic heterocycles. The van der Waals surface area contributed by atoms with Crippen LogP contribution in [-0.2, 0) is 32.0 Å². The summed E-state index contributed by atoms with van der Waals surface area (Å²) in [6.45, 7) is 22.5. The zero-order chi connectivity index (χ0) is 32.3. The van der Waals surface area contributed by atoms with Crippen molar-refractivity contribution in [1.29, 1.82) is 0 Å². The summed E-state index contributed by atoms with van der Waals surface area (Å²) < 4.78 is 16.0. The fourth-order valence-corrected chi connectivity index (χ4v) is 5.20. The highest BCUT2D eigenvalue weighted by Gasteiger charge is 2.22. The van der Waals surface area contributed by atoms with E-state index in [-0.39, 0.29) is 11.4 Å². The maximum Gasteiger partial charge on any atom is 0.305 e. The van der Waals surface area contributed by atoms with E-state index >= 15 is 0 Å². The van der Waals surface area contributed by atoms with Crippen LogP contribution in [0.25, 0.3) is 0 Å². The van der Waals surface area contributed by atoms with Crippen LogP contribution in [-0.4, -0.2) is 37.8 Å². The predicted octanol–water partition coefficient (Wildman–Crippen LogP) is 10.9. The van der Waals surface area contributed by atoms with Gasteiger partial charge >= 0.3 is 5.97 Å². The number of allylic oxidation sites excluding steroid dienone is 4. The van der Waals surface area contributed by atoms with Gasteiger partial charge < -0.3 is 14.2 Å². The molecular formula is C38H64O4S. The molecule has 0 radical (unpaired) electrons. The molecule has 1 unspecified atom stereocenters. The number of aryl methyl sites for hydroxylation is 1. The van der Waals surface area contributed by atoms with Crippen LogP contribution in [0, 0.1) is 11.3 Å².